The molecular weight excluding hydrogens is 360 g/mol. The van der Waals surface area contributed by atoms with E-state index >= 15 is 0 Å². The fourth-order valence-electron chi connectivity index (χ4n) is 2.90. The van der Waals surface area contributed by atoms with Gasteiger partial charge in [-0.05, 0) is 60.4 Å². The van der Waals surface area contributed by atoms with E-state index in [9.17, 15) is 22.7 Å². The number of ether oxygens (including phenoxy) is 1. The largest absolute Gasteiger partial charge is 0.505 e. The van der Waals surface area contributed by atoms with E-state index in [2.05, 4.69) is 0 Å². The summed E-state index contributed by atoms with van der Waals surface area (Å²) in [5.41, 5.74) is 0.281. The van der Waals surface area contributed by atoms with Crippen LogP contribution in [-0.2, 0) is 12.8 Å². The van der Waals surface area contributed by atoms with Gasteiger partial charge in [-0.2, -0.15) is 0 Å². The highest BCUT2D eigenvalue weighted by atomic mass is 19.1. The zero-order chi connectivity index (χ0) is 19.6. The Bertz CT molecular complexity index is 986. The molecule has 0 saturated carbocycles. The lowest BCUT2D eigenvalue weighted by atomic mass is 9.97. The van der Waals surface area contributed by atoms with Crippen molar-refractivity contribution >= 4 is 0 Å². The van der Waals surface area contributed by atoms with Crippen LogP contribution in [0.3, 0.4) is 0 Å². The van der Waals surface area contributed by atoms with Crippen LogP contribution in [0.25, 0.3) is 11.1 Å². The van der Waals surface area contributed by atoms with Gasteiger partial charge in [0.1, 0.15) is 23.2 Å². The minimum Gasteiger partial charge on any atom is -0.505 e. The fourth-order valence-corrected chi connectivity index (χ4v) is 2.90. The Morgan fingerprint density at radius 3 is 2.37 bits per heavy atom. The third-order valence-corrected chi connectivity index (χ3v) is 4.30. The van der Waals surface area contributed by atoms with Gasteiger partial charge in [-0.25, -0.2) is 17.6 Å². The average molecular weight is 376 g/mol. The first-order valence-corrected chi connectivity index (χ1v) is 8.19. The van der Waals surface area contributed by atoms with E-state index in [4.69, 9.17) is 4.74 Å². The van der Waals surface area contributed by atoms with Crippen LogP contribution >= 0.6 is 0 Å². The van der Waals surface area contributed by atoms with Gasteiger partial charge in [0.25, 0.3) is 0 Å². The molecule has 0 aliphatic rings. The second-order valence-corrected chi connectivity index (χ2v) is 6.02. The molecule has 0 spiro atoms. The second-order valence-electron chi connectivity index (χ2n) is 6.02. The summed E-state index contributed by atoms with van der Waals surface area (Å²) >= 11 is 0. The summed E-state index contributed by atoms with van der Waals surface area (Å²) < 4.78 is 61.5. The summed E-state index contributed by atoms with van der Waals surface area (Å²) in [4.78, 5) is 0. The Morgan fingerprint density at radius 2 is 1.67 bits per heavy atom. The molecule has 27 heavy (non-hydrogen) atoms. The van der Waals surface area contributed by atoms with E-state index in [-0.39, 0.29) is 29.5 Å². The molecule has 3 aromatic rings. The maximum atomic E-state index is 15.0. The van der Waals surface area contributed by atoms with E-state index < -0.39 is 29.0 Å². The quantitative estimate of drug-likeness (QED) is 0.604. The van der Waals surface area contributed by atoms with Crippen molar-refractivity contribution in [1.29, 1.82) is 0 Å². The number of hydrogen-bond donors (Lipinski definition) is 1. The van der Waals surface area contributed by atoms with Crippen molar-refractivity contribution in [2.45, 2.75) is 12.8 Å². The molecule has 2 nitrogen and oxygen atoms in total. The SMILES string of the molecule is COc1cc(CCc2c(F)ccc(O)c2F)c(F)c(-c2cccc(F)c2)c1. The minimum absolute atomic E-state index is 0.0390. The van der Waals surface area contributed by atoms with Crippen molar-refractivity contribution in [3.63, 3.8) is 0 Å². The van der Waals surface area contributed by atoms with Gasteiger partial charge in [-0.1, -0.05) is 12.1 Å². The summed E-state index contributed by atoms with van der Waals surface area (Å²) in [7, 11) is 1.40. The van der Waals surface area contributed by atoms with Crippen LogP contribution < -0.4 is 4.74 Å². The summed E-state index contributed by atoms with van der Waals surface area (Å²) in [6, 6.07) is 10.2. The van der Waals surface area contributed by atoms with Crippen LogP contribution in [0.1, 0.15) is 11.1 Å². The van der Waals surface area contributed by atoms with Gasteiger partial charge in [-0.3, -0.25) is 0 Å². The van der Waals surface area contributed by atoms with Crippen molar-refractivity contribution < 1.29 is 27.4 Å². The zero-order valence-corrected chi connectivity index (χ0v) is 14.4. The van der Waals surface area contributed by atoms with E-state index in [0.29, 0.717) is 11.3 Å². The molecule has 0 amide bonds. The lowest BCUT2D eigenvalue weighted by molar-refractivity contribution is 0.412. The Morgan fingerprint density at radius 1 is 0.889 bits per heavy atom. The molecule has 140 valence electrons. The number of phenols is 1. The lowest BCUT2D eigenvalue weighted by Gasteiger charge is -2.13. The predicted octanol–water partition coefficient (Wildman–Crippen LogP) is 5.41. The van der Waals surface area contributed by atoms with Gasteiger partial charge in [0, 0.05) is 11.1 Å². The Hall–Kier alpha value is -3.02. The van der Waals surface area contributed by atoms with E-state index in [1.54, 1.807) is 6.07 Å². The number of benzene rings is 3. The van der Waals surface area contributed by atoms with Crippen molar-refractivity contribution in [1.82, 2.24) is 0 Å². The first-order chi connectivity index (χ1) is 12.9. The third kappa shape index (κ3) is 3.89. The minimum atomic E-state index is -1.07. The number of aryl methyl sites for hydroxylation is 1. The normalized spacial score (nSPS) is 10.9. The monoisotopic (exact) mass is 376 g/mol. The van der Waals surface area contributed by atoms with Gasteiger partial charge in [0.15, 0.2) is 11.6 Å². The molecule has 0 heterocycles. The maximum absolute atomic E-state index is 15.0. The molecule has 1 N–H and O–H groups in total. The van der Waals surface area contributed by atoms with E-state index in [1.807, 2.05) is 0 Å². The lowest BCUT2D eigenvalue weighted by Crippen LogP contribution is -2.02. The highest BCUT2D eigenvalue weighted by Gasteiger charge is 2.17. The predicted molar refractivity (Wildman–Crippen MR) is 93.8 cm³/mol. The molecule has 0 atom stereocenters. The van der Waals surface area contributed by atoms with Crippen LogP contribution in [0.2, 0.25) is 0 Å². The molecule has 0 bridgehead atoms. The fraction of sp³-hybridized carbons (Fsp3) is 0.143. The molecule has 0 aliphatic heterocycles. The van der Waals surface area contributed by atoms with Gasteiger partial charge in [-0.15, -0.1) is 0 Å². The van der Waals surface area contributed by atoms with Gasteiger partial charge in [0.2, 0.25) is 0 Å². The number of rotatable bonds is 5. The molecule has 0 unspecified atom stereocenters. The average Bonchev–Trinajstić information content (AvgIpc) is 2.66. The first kappa shape index (κ1) is 18.8. The Labute approximate surface area is 153 Å². The highest BCUT2D eigenvalue weighted by Crippen LogP contribution is 2.32. The van der Waals surface area contributed by atoms with E-state index in [1.165, 1.54) is 37.4 Å². The number of phenolic OH excluding ortho intramolecular Hbond substituents is 1. The van der Waals surface area contributed by atoms with Crippen LogP contribution in [0, 0.1) is 23.3 Å². The Balaban J connectivity index is 1.99. The van der Waals surface area contributed by atoms with Gasteiger partial charge >= 0.3 is 0 Å². The molecule has 3 aromatic carbocycles. The maximum Gasteiger partial charge on any atom is 0.170 e. The van der Waals surface area contributed by atoms with Crippen LogP contribution in [0.15, 0.2) is 48.5 Å². The van der Waals surface area contributed by atoms with Crippen molar-refractivity contribution in [3.05, 3.63) is 82.9 Å². The number of methoxy groups -OCH3 is 1. The summed E-state index contributed by atoms with van der Waals surface area (Å²) in [6.45, 7) is 0. The van der Waals surface area contributed by atoms with Crippen molar-refractivity contribution in [2.24, 2.45) is 0 Å². The number of hydrogen-bond acceptors (Lipinski definition) is 2. The molecular formula is C21H16F4O2. The molecule has 0 radical (unpaired) electrons. The zero-order valence-electron chi connectivity index (χ0n) is 14.4. The first-order valence-electron chi connectivity index (χ1n) is 8.19. The van der Waals surface area contributed by atoms with Crippen LogP contribution in [0.4, 0.5) is 17.6 Å². The molecule has 6 heteroatoms. The summed E-state index contributed by atoms with van der Waals surface area (Å²) in [6.07, 6.45) is -0.207. The van der Waals surface area contributed by atoms with Gasteiger partial charge < -0.3 is 9.84 Å². The van der Waals surface area contributed by atoms with Gasteiger partial charge in [0.05, 0.1) is 7.11 Å². The number of aromatic hydroxyl groups is 1. The Kier molecular flexibility index (Phi) is 5.35. The van der Waals surface area contributed by atoms with Crippen molar-refractivity contribution in [3.8, 4) is 22.6 Å². The molecule has 0 aliphatic carbocycles. The standard InChI is InChI=1S/C21H16F4O2/c1-27-15-10-13(5-6-16-18(23)7-8-19(26)21(16)25)20(24)17(11-15)12-3-2-4-14(22)9-12/h2-4,7-11,26H,5-6H2,1H3. The number of halogens is 4. The molecule has 3 rings (SSSR count). The highest BCUT2D eigenvalue weighted by molar-refractivity contribution is 5.67. The third-order valence-electron chi connectivity index (χ3n) is 4.30. The summed E-state index contributed by atoms with van der Waals surface area (Å²) in [5, 5.41) is 9.41. The van der Waals surface area contributed by atoms with Crippen LogP contribution in [0.5, 0.6) is 11.5 Å². The van der Waals surface area contributed by atoms with Crippen LogP contribution in [-0.4, -0.2) is 12.2 Å². The smallest absolute Gasteiger partial charge is 0.170 e. The molecule has 0 aromatic heterocycles. The second kappa shape index (κ2) is 7.70. The topological polar surface area (TPSA) is 29.5 Å². The van der Waals surface area contributed by atoms with E-state index in [0.717, 1.165) is 12.1 Å². The molecule has 0 fully saturated rings. The van der Waals surface area contributed by atoms with Crippen molar-refractivity contribution in [2.75, 3.05) is 7.11 Å². The molecule has 0 saturated heterocycles. The summed E-state index contributed by atoms with van der Waals surface area (Å²) in [5.74, 6) is -3.36.